The first kappa shape index (κ1) is 11.9. The molecule has 1 aromatic heterocycles. The van der Waals surface area contributed by atoms with Crippen molar-refractivity contribution in [2.75, 3.05) is 0 Å². The molecule has 0 spiro atoms. The fourth-order valence-corrected chi connectivity index (χ4v) is 2.43. The lowest BCUT2D eigenvalue weighted by atomic mass is 9.95. The molecule has 0 aliphatic carbocycles. The Morgan fingerprint density at radius 1 is 1.00 bits per heavy atom. The Labute approximate surface area is 112 Å². The normalized spacial score (nSPS) is 12.5. The van der Waals surface area contributed by atoms with Crippen LogP contribution in [0.3, 0.4) is 0 Å². The van der Waals surface area contributed by atoms with Crippen LogP contribution in [0.2, 0.25) is 0 Å². The van der Waals surface area contributed by atoms with Crippen LogP contribution in [0, 0.1) is 6.92 Å². The molecule has 0 aliphatic rings. The van der Waals surface area contributed by atoms with Crippen LogP contribution in [0.5, 0.6) is 0 Å². The molecule has 0 fully saturated rings. The van der Waals surface area contributed by atoms with Gasteiger partial charge in [0.05, 0.1) is 11.6 Å². The number of aromatic nitrogens is 1. The maximum Gasteiger partial charge on any atom is 0.0705 e. The van der Waals surface area contributed by atoms with E-state index >= 15 is 0 Å². The van der Waals surface area contributed by atoms with Crippen molar-refractivity contribution in [3.8, 4) is 0 Å². The topological polar surface area (TPSA) is 38.9 Å². The van der Waals surface area contributed by atoms with E-state index in [1.807, 2.05) is 36.5 Å². The van der Waals surface area contributed by atoms with Gasteiger partial charge in [-0.3, -0.25) is 4.98 Å². The van der Waals surface area contributed by atoms with Gasteiger partial charge in [-0.2, -0.15) is 0 Å². The number of nitrogens with zero attached hydrogens (tertiary/aromatic N) is 1. The Morgan fingerprint density at radius 2 is 1.84 bits per heavy atom. The molecule has 2 aromatic carbocycles. The number of hydrogen-bond donors (Lipinski definition) is 1. The Bertz CT molecular complexity index is 714. The summed E-state index contributed by atoms with van der Waals surface area (Å²) in [6.07, 6.45) is 1.83. The van der Waals surface area contributed by atoms with E-state index in [1.54, 1.807) is 0 Å². The highest BCUT2D eigenvalue weighted by molar-refractivity contribution is 5.82. The SMILES string of the molecule is Cc1cccc(C(N)c2ccnc3ccccc23)c1. The van der Waals surface area contributed by atoms with Crippen LogP contribution in [0.25, 0.3) is 10.9 Å². The molecule has 0 bridgehead atoms. The summed E-state index contributed by atoms with van der Waals surface area (Å²) in [5.41, 5.74) is 10.9. The molecule has 0 saturated heterocycles. The number of para-hydroxylation sites is 1. The van der Waals surface area contributed by atoms with Crippen molar-refractivity contribution >= 4 is 10.9 Å². The van der Waals surface area contributed by atoms with Crippen LogP contribution >= 0.6 is 0 Å². The van der Waals surface area contributed by atoms with Crippen LogP contribution in [-0.2, 0) is 0 Å². The van der Waals surface area contributed by atoms with Crippen LogP contribution in [0.4, 0.5) is 0 Å². The van der Waals surface area contributed by atoms with E-state index in [0.29, 0.717) is 0 Å². The lowest BCUT2D eigenvalue weighted by molar-refractivity contribution is 0.877. The first-order valence-electron chi connectivity index (χ1n) is 6.41. The summed E-state index contributed by atoms with van der Waals surface area (Å²) >= 11 is 0. The summed E-state index contributed by atoms with van der Waals surface area (Å²) in [7, 11) is 0. The minimum Gasteiger partial charge on any atom is -0.320 e. The van der Waals surface area contributed by atoms with Crippen LogP contribution in [0.15, 0.2) is 60.8 Å². The third-order valence-electron chi connectivity index (χ3n) is 3.42. The number of fused-ring (bicyclic) bond motifs is 1. The second-order valence-corrected chi connectivity index (χ2v) is 4.81. The molecule has 2 N–H and O–H groups in total. The molecule has 94 valence electrons. The highest BCUT2D eigenvalue weighted by atomic mass is 14.7. The molecule has 1 unspecified atom stereocenters. The van der Waals surface area contributed by atoms with Crippen molar-refractivity contribution in [2.45, 2.75) is 13.0 Å². The van der Waals surface area contributed by atoms with Crippen molar-refractivity contribution in [1.29, 1.82) is 0 Å². The second kappa shape index (κ2) is 4.82. The number of aryl methyl sites for hydroxylation is 1. The average Bonchev–Trinajstić information content (AvgIpc) is 2.46. The van der Waals surface area contributed by atoms with E-state index < -0.39 is 0 Å². The van der Waals surface area contributed by atoms with Gasteiger partial charge in [-0.15, -0.1) is 0 Å². The van der Waals surface area contributed by atoms with Crippen LogP contribution in [-0.4, -0.2) is 4.98 Å². The van der Waals surface area contributed by atoms with Crippen molar-refractivity contribution in [1.82, 2.24) is 4.98 Å². The number of hydrogen-bond acceptors (Lipinski definition) is 2. The quantitative estimate of drug-likeness (QED) is 0.752. The summed E-state index contributed by atoms with van der Waals surface area (Å²) < 4.78 is 0. The summed E-state index contributed by atoms with van der Waals surface area (Å²) in [6.45, 7) is 2.08. The number of rotatable bonds is 2. The Kier molecular flexibility index (Phi) is 3.02. The standard InChI is InChI=1S/C17H16N2/c1-12-5-4-6-13(11-12)17(18)15-9-10-19-16-8-3-2-7-14(15)16/h2-11,17H,18H2,1H3. The number of nitrogens with two attached hydrogens (primary N) is 1. The van der Waals surface area contributed by atoms with Crippen molar-refractivity contribution < 1.29 is 0 Å². The van der Waals surface area contributed by atoms with Gasteiger partial charge in [0.15, 0.2) is 0 Å². The molecule has 2 nitrogen and oxygen atoms in total. The monoisotopic (exact) mass is 248 g/mol. The van der Waals surface area contributed by atoms with Crippen molar-refractivity contribution in [3.63, 3.8) is 0 Å². The minimum absolute atomic E-state index is 0.118. The Balaban J connectivity index is 2.14. The maximum atomic E-state index is 6.42. The fraction of sp³-hybridized carbons (Fsp3) is 0.118. The van der Waals surface area contributed by atoms with Gasteiger partial charge in [0.25, 0.3) is 0 Å². The summed E-state index contributed by atoms with van der Waals surface area (Å²) in [5, 5.41) is 1.12. The van der Waals surface area contributed by atoms with E-state index in [0.717, 1.165) is 22.0 Å². The van der Waals surface area contributed by atoms with Gasteiger partial charge in [-0.1, -0.05) is 48.0 Å². The van der Waals surface area contributed by atoms with Gasteiger partial charge in [-0.25, -0.2) is 0 Å². The number of benzene rings is 2. The smallest absolute Gasteiger partial charge is 0.0705 e. The summed E-state index contributed by atoms with van der Waals surface area (Å²) in [4.78, 5) is 4.38. The summed E-state index contributed by atoms with van der Waals surface area (Å²) in [5.74, 6) is 0. The molecular weight excluding hydrogens is 232 g/mol. The first-order chi connectivity index (χ1) is 9.25. The molecule has 3 aromatic rings. The Morgan fingerprint density at radius 3 is 2.68 bits per heavy atom. The Hall–Kier alpha value is -2.19. The molecule has 0 saturated carbocycles. The van der Waals surface area contributed by atoms with E-state index in [2.05, 4.69) is 36.2 Å². The average molecular weight is 248 g/mol. The van der Waals surface area contributed by atoms with Gasteiger partial charge < -0.3 is 5.73 Å². The minimum atomic E-state index is -0.118. The fourth-order valence-electron chi connectivity index (χ4n) is 2.43. The molecule has 1 heterocycles. The number of pyridine rings is 1. The highest BCUT2D eigenvalue weighted by Crippen LogP contribution is 2.26. The van der Waals surface area contributed by atoms with Gasteiger partial charge >= 0.3 is 0 Å². The molecule has 2 heteroatoms. The van der Waals surface area contributed by atoms with E-state index in [9.17, 15) is 0 Å². The third kappa shape index (κ3) is 2.23. The largest absolute Gasteiger partial charge is 0.320 e. The van der Waals surface area contributed by atoms with Gasteiger partial charge in [-0.05, 0) is 30.2 Å². The predicted molar refractivity (Wildman–Crippen MR) is 79.0 cm³/mol. The third-order valence-corrected chi connectivity index (χ3v) is 3.42. The predicted octanol–water partition coefficient (Wildman–Crippen LogP) is 3.59. The molecule has 0 radical (unpaired) electrons. The van der Waals surface area contributed by atoms with E-state index in [1.165, 1.54) is 5.56 Å². The molecule has 0 amide bonds. The van der Waals surface area contributed by atoms with Gasteiger partial charge in [0.1, 0.15) is 0 Å². The zero-order valence-electron chi connectivity index (χ0n) is 10.9. The zero-order valence-corrected chi connectivity index (χ0v) is 10.9. The summed E-state index contributed by atoms with van der Waals surface area (Å²) in [6, 6.07) is 18.4. The highest BCUT2D eigenvalue weighted by Gasteiger charge is 2.12. The molecule has 3 rings (SSSR count). The van der Waals surface area contributed by atoms with Crippen LogP contribution in [0.1, 0.15) is 22.7 Å². The molecule has 1 atom stereocenters. The second-order valence-electron chi connectivity index (χ2n) is 4.81. The first-order valence-corrected chi connectivity index (χ1v) is 6.41. The maximum absolute atomic E-state index is 6.42. The lowest BCUT2D eigenvalue weighted by Gasteiger charge is -2.15. The zero-order chi connectivity index (χ0) is 13.2. The van der Waals surface area contributed by atoms with Crippen molar-refractivity contribution in [2.24, 2.45) is 5.73 Å². The van der Waals surface area contributed by atoms with E-state index in [-0.39, 0.29) is 6.04 Å². The van der Waals surface area contributed by atoms with Gasteiger partial charge in [0.2, 0.25) is 0 Å². The molecule has 0 aliphatic heterocycles. The molecular formula is C17H16N2. The lowest BCUT2D eigenvalue weighted by Crippen LogP contribution is -2.12. The van der Waals surface area contributed by atoms with Crippen LogP contribution < -0.4 is 5.73 Å². The van der Waals surface area contributed by atoms with Gasteiger partial charge in [0, 0.05) is 11.6 Å². The van der Waals surface area contributed by atoms with Crippen molar-refractivity contribution in [3.05, 3.63) is 77.5 Å². The molecule has 19 heavy (non-hydrogen) atoms. The van der Waals surface area contributed by atoms with E-state index in [4.69, 9.17) is 5.73 Å².